The van der Waals surface area contributed by atoms with Gasteiger partial charge in [-0.2, -0.15) is 0 Å². The van der Waals surface area contributed by atoms with Crippen LogP contribution in [0.25, 0.3) is 22.2 Å². The summed E-state index contributed by atoms with van der Waals surface area (Å²) >= 11 is 0. The molecule has 3 aliphatic carbocycles. The van der Waals surface area contributed by atoms with Crippen molar-refractivity contribution in [2.24, 2.45) is 5.41 Å². The van der Waals surface area contributed by atoms with E-state index < -0.39 is 16.4 Å². The van der Waals surface area contributed by atoms with Crippen molar-refractivity contribution < 1.29 is 18.5 Å². The van der Waals surface area contributed by atoms with Crippen LogP contribution in [0.15, 0.2) is 36.4 Å². The minimum Gasteiger partial charge on any atom is -0.497 e. The zero-order valence-corrected chi connectivity index (χ0v) is 26.4. The van der Waals surface area contributed by atoms with E-state index in [9.17, 15) is 13.8 Å². The van der Waals surface area contributed by atoms with E-state index in [2.05, 4.69) is 27.5 Å². The monoisotopic (exact) mass is 601 g/mol. The number of carbonyl (C=O) groups excluding carboxylic acids is 2. The highest BCUT2D eigenvalue weighted by Gasteiger charge is 2.63. The molecule has 8 heteroatoms. The van der Waals surface area contributed by atoms with E-state index in [4.69, 9.17) is 4.74 Å². The van der Waals surface area contributed by atoms with Crippen LogP contribution in [0.1, 0.15) is 104 Å². The van der Waals surface area contributed by atoms with E-state index in [0.29, 0.717) is 18.0 Å². The van der Waals surface area contributed by atoms with Gasteiger partial charge in [0.2, 0.25) is 5.91 Å². The zero-order chi connectivity index (χ0) is 29.9. The van der Waals surface area contributed by atoms with Crippen molar-refractivity contribution in [1.29, 1.82) is 0 Å². The van der Waals surface area contributed by atoms with Gasteiger partial charge in [-0.15, -0.1) is 0 Å². The first-order chi connectivity index (χ1) is 20.8. The number of benzene rings is 2. The minimum absolute atomic E-state index is 0.0288. The lowest BCUT2D eigenvalue weighted by Crippen LogP contribution is -2.34. The van der Waals surface area contributed by atoms with Crippen molar-refractivity contribution in [3.63, 3.8) is 0 Å². The number of methoxy groups -OCH3 is 1. The Balaban J connectivity index is 1.39. The molecular weight excluding hydrogens is 558 g/mol. The van der Waals surface area contributed by atoms with Crippen LogP contribution < -0.4 is 9.46 Å². The van der Waals surface area contributed by atoms with Crippen molar-refractivity contribution in [2.75, 3.05) is 21.2 Å². The van der Waals surface area contributed by atoms with Gasteiger partial charge in [0.15, 0.2) is 0 Å². The molecule has 228 valence electrons. The van der Waals surface area contributed by atoms with Gasteiger partial charge in [-0.3, -0.25) is 14.3 Å². The van der Waals surface area contributed by atoms with Gasteiger partial charge in [0, 0.05) is 48.6 Å². The van der Waals surface area contributed by atoms with Gasteiger partial charge in [-0.05, 0) is 79.5 Å². The summed E-state index contributed by atoms with van der Waals surface area (Å²) in [4.78, 5) is 29.1. The van der Waals surface area contributed by atoms with Gasteiger partial charge in [-0.25, -0.2) is 4.21 Å². The second kappa shape index (κ2) is 11.1. The molecular formula is C35H43N3O4S. The topological polar surface area (TPSA) is 80.6 Å². The zero-order valence-electron chi connectivity index (χ0n) is 25.6. The lowest BCUT2D eigenvalue weighted by Gasteiger charge is -2.24. The predicted octanol–water partition coefficient (Wildman–Crippen LogP) is 6.67. The summed E-state index contributed by atoms with van der Waals surface area (Å²) in [6.45, 7) is 0.573. The number of amides is 2. The Labute approximate surface area is 256 Å². The average molecular weight is 602 g/mol. The van der Waals surface area contributed by atoms with E-state index in [0.717, 1.165) is 56.2 Å². The van der Waals surface area contributed by atoms with Crippen LogP contribution in [0.3, 0.4) is 0 Å². The number of carbonyl (C=O) groups is 2. The highest BCUT2D eigenvalue weighted by Crippen LogP contribution is 2.66. The van der Waals surface area contributed by atoms with Crippen LogP contribution in [0, 0.1) is 5.41 Å². The molecule has 3 unspecified atom stereocenters. The third-order valence-electron chi connectivity index (χ3n) is 10.7. The van der Waals surface area contributed by atoms with Gasteiger partial charge in [0.25, 0.3) is 5.91 Å². The molecule has 3 saturated carbocycles. The number of hydrogen-bond donors (Lipinski definition) is 1. The van der Waals surface area contributed by atoms with Gasteiger partial charge in [0.1, 0.15) is 16.7 Å². The SMILES string of the molecule is COc1ccc2c(c1)C1CC1(C(=O)N(C)C)Cn1c-2c(C2CCCCC2)c2ccc(C(=O)NS(=O)C3CCCCC3)cc21. The second-order valence-corrected chi connectivity index (χ2v) is 14.9. The minimum atomic E-state index is -1.39. The molecule has 2 amide bonds. The molecule has 1 aliphatic heterocycles. The fourth-order valence-electron chi connectivity index (χ4n) is 8.38. The molecule has 43 heavy (non-hydrogen) atoms. The van der Waals surface area contributed by atoms with E-state index in [1.54, 1.807) is 12.0 Å². The summed E-state index contributed by atoms with van der Waals surface area (Å²) in [5, 5.41) is 1.20. The molecule has 4 aliphatic rings. The van der Waals surface area contributed by atoms with E-state index in [1.165, 1.54) is 53.5 Å². The molecule has 0 bridgehead atoms. The smallest absolute Gasteiger partial charge is 0.263 e. The Kier molecular flexibility index (Phi) is 7.39. The number of nitrogens with zero attached hydrogens (tertiary/aromatic N) is 2. The summed E-state index contributed by atoms with van der Waals surface area (Å²) in [6.07, 6.45) is 11.9. The lowest BCUT2D eigenvalue weighted by atomic mass is 9.81. The number of ether oxygens (including phenoxy) is 1. The first-order valence-electron chi connectivity index (χ1n) is 16.1. The van der Waals surface area contributed by atoms with Crippen molar-refractivity contribution in [2.45, 2.75) is 94.3 Å². The van der Waals surface area contributed by atoms with Crippen LogP contribution in [-0.4, -0.2) is 51.9 Å². The van der Waals surface area contributed by atoms with Gasteiger partial charge in [-0.1, -0.05) is 44.6 Å². The van der Waals surface area contributed by atoms with Crippen molar-refractivity contribution in [3.8, 4) is 17.0 Å². The summed E-state index contributed by atoms with van der Waals surface area (Å²) in [5.74, 6) is 1.21. The molecule has 3 fully saturated rings. The van der Waals surface area contributed by atoms with Crippen LogP contribution in [0.4, 0.5) is 0 Å². The maximum atomic E-state index is 13.9. The van der Waals surface area contributed by atoms with Crippen molar-refractivity contribution in [1.82, 2.24) is 14.2 Å². The highest BCUT2D eigenvalue weighted by molar-refractivity contribution is 7.84. The quantitative estimate of drug-likeness (QED) is 0.342. The summed E-state index contributed by atoms with van der Waals surface area (Å²) in [7, 11) is 4.00. The first kappa shape index (κ1) is 28.6. The molecule has 7 rings (SSSR count). The Morgan fingerprint density at radius 1 is 0.977 bits per heavy atom. The highest BCUT2D eigenvalue weighted by atomic mass is 32.2. The normalized spacial score (nSPS) is 24.3. The average Bonchev–Trinajstić information content (AvgIpc) is 3.70. The number of nitrogens with one attached hydrogen (secondary N) is 1. The number of fused-ring (bicyclic) bond motifs is 7. The van der Waals surface area contributed by atoms with Crippen LogP contribution >= 0.6 is 0 Å². The van der Waals surface area contributed by atoms with Gasteiger partial charge < -0.3 is 14.2 Å². The Bertz CT molecular complexity index is 1610. The van der Waals surface area contributed by atoms with Crippen LogP contribution in [0.5, 0.6) is 5.75 Å². The third-order valence-corrected chi connectivity index (χ3v) is 12.1. The molecule has 0 spiro atoms. The molecule has 1 N–H and O–H groups in total. The Morgan fingerprint density at radius 2 is 1.70 bits per heavy atom. The molecule has 3 aromatic rings. The summed E-state index contributed by atoms with van der Waals surface area (Å²) in [5.41, 5.74) is 5.89. The second-order valence-electron chi connectivity index (χ2n) is 13.5. The third kappa shape index (κ3) is 4.80. The molecule has 7 nitrogen and oxygen atoms in total. The standard InChI is InChI=1S/C35H43N3O4S/c1-37(2)34(40)35-20-29(35)28-19-24(42-3)15-17-26(28)32-31(22-10-6-4-7-11-22)27-16-14-23(18-30(27)38(32)21-35)33(39)36-43(41)25-12-8-5-9-13-25/h14-19,22,25,29H,4-13,20-21H2,1-3H3,(H,36,39). The first-order valence-corrected chi connectivity index (χ1v) is 17.3. The van der Waals surface area contributed by atoms with Crippen LogP contribution in [-0.2, 0) is 22.3 Å². The maximum Gasteiger partial charge on any atom is 0.263 e. The fraction of sp³-hybridized carbons (Fsp3) is 0.543. The Hall–Kier alpha value is -3.13. The van der Waals surface area contributed by atoms with Crippen LogP contribution in [0.2, 0.25) is 0 Å². The van der Waals surface area contributed by atoms with Crippen molar-refractivity contribution >= 4 is 33.7 Å². The molecule has 2 heterocycles. The fourth-order valence-corrected chi connectivity index (χ4v) is 9.61. The van der Waals surface area contributed by atoms with Gasteiger partial charge in [0.05, 0.1) is 23.5 Å². The van der Waals surface area contributed by atoms with Crippen molar-refractivity contribution in [3.05, 3.63) is 53.1 Å². The molecule has 2 aromatic carbocycles. The number of hydrogen-bond acceptors (Lipinski definition) is 4. The summed E-state index contributed by atoms with van der Waals surface area (Å²) < 4.78 is 23.9. The van der Waals surface area contributed by atoms with Gasteiger partial charge >= 0.3 is 0 Å². The largest absolute Gasteiger partial charge is 0.497 e. The molecule has 0 saturated heterocycles. The molecule has 3 atom stereocenters. The van der Waals surface area contributed by atoms with E-state index >= 15 is 0 Å². The van der Waals surface area contributed by atoms with E-state index in [1.807, 2.05) is 32.3 Å². The number of rotatable bonds is 6. The lowest BCUT2D eigenvalue weighted by molar-refractivity contribution is -0.135. The molecule has 0 radical (unpaired) electrons. The maximum absolute atomic E-state index is 13.9. The predicted molar refractivity (Wildman–Crippen MR) is 171 cm³/mol. The summed E-state index contributed by atoms with van der Waals surface area (Å²) in [6, 6.07) is 12.3. The number of aromatic nitrogens is 1. The molecule has 1 aromatic heterocycles. The van der Waals surface area contributed by atoms with E-state index in [-0.39, 0.29) is 23.0 Å². The Morgan fingerprint density at radius 3 is 2.40 bits per heavy atom.